The molecule has 0 bridgehead atoms. The van der Waals surface area contributed by atoms with E-state index in [4.69, 9.17) is 9.47 Å². The lowest BCUT2D eigenvalue weighted by Gasteiger charge is -2.18. The number of rotatable bonds is 7. The second kappa shape index (κ2) is 9.21. The number of aromatic nitrogens is 1. The van der Waals surface area contributed by atoms with E-state index < -0.39 is 23.9 Å². The number of H-pyrrole nitrogens is 1. The number of carbonyl (C=O) groups excluding carboxylic acids is 3. The predicted octanol–water partition coefficient (Wildman–Crippen LogP) is 3.23. The number of amides is 1. The topological polar surface area (TPSA) is 97.5 Å². The molecule has 28 heavy (non-hydrogen) atoms. The molecule has 2 atom stereocenters. The summed E-state index contributed by atoms with van der Waals surface area (Å²) in [7, 11) is 0. The first-order chi connectivity index (χ1) is 13.3. The van der Waals surface area contributed by atoms with Gasteiger partial charge in [0, 0.05) is 5.69 Å². The molecule has 150 valence electrons. The van der Waals surface area contributed by atoms with Gasteiger partial charge in [-0.05, 0) is 45.7 Å². The quantitative estimate of drug-likeness (QED) is 0.712. The van der Waals surface area contributed by atoms with Crippen molar-refractivity contribution in [1.29, 1.82) is 0 Å². The zero-order valence-corrected chi connectivity index (χ0v) is 16.8. The first-order valence-corrected chi connectivity index (χ1v) is 9.18. The van der Waals surface area contributed by atoms with E-state index in [2.05, 4.69) is 10.3 Å². The number of hydrogen-bond acceptors (Lipinski definition) is 5. The third-order valence-electron chi connectivity index (χ3n) is 4.43. The second-order valence-electron chi connectivity index (χ2n) is 6.53. The molecule has 0 saturated heterocycles. The normalized spacial score (nSPS) is 12.8. The Labute approximate surface area is 164 Å². The molecule has 7 nitrogen and oxygen atoms in total. The predicted molar refractivity (Wildman–Crippen MR) is 104 cm³/mol. The fraction of sp³-hybridized carbons (Fsp3) is 0.381. The van der Waals surface area contributed by atoms with Gasteiger partial charge in [0.25, 0.3) is 5.91 Å². The molecular formula is C21H26N2O5. The molecule has 1 aromatic carbocycles. The fourth-order valence-electron chi connectivity index (χ4n) is 2.89. The molecular weight excluding hydrogens is 360 g/mol. The molecule has 1 heterocycles. The largest absolute Gasteiger partial charge is 0.462 e. The van der Waals surface area contributed by atoms with Gasteiger partial charge in [-0.25, -0.2) is 9.59 Å². The minimum absolute atomic E-state index is 0.135. The first-order valence-electron chi connectivity index (χ1n) is 9.18. The lowest BCUT2D eigenvalue weighted by molar-refractivity contribution is -0.129. The number of aromatic amines is 1. The lowest BCUT2D eigenvalue weighted by Crippen LogP contribution is -2.37. The maximum Gasteiger partial charge on any atom is 0.355 e. The number of esters is 2. The van der Waals surface area contributed by atoms with Gasteiger partial charge in [-0.1, -0.05) is 30.3 Å². The molecule has 0 aliphatic rings. The minimum atomic E-state index is -0.993. The van der Waals surface area contributed by atoms with Gasteiger partial charge in [0.2, 0.25) is 0 Å². The van der Waals surface area contributed by atoms with E-state index in [-0.39, 0.29) is 18.3 Å². The van der Waals surface area contributed by atoms with E-state index in [1.165, 1.54) is 6.92 Å². The molecule has 1 amide bonds. The minimum Gasteiger partial charge on any atom is -0.462 e. The van der Waals surface area contributed by atoms with Gasteiger partial charge in [-0.3, -0.25) is 4.79 Å². The fourth-order valence-corrected chi connectivity index (χ4v) is 2.89. The van der Waals surface area contributed by atoms with E-state index >= 15 is 0 Å². The number of hydrogen-bond donors (Lipinski definition) is 2. The Hall–Kier alpha value is -3.09. The third-order valence-corrected chi connectivity index (χ3v) is 4.43. The van der Waals surface area contributed by atoms with Gasteiger partial charge in [-0.2, -0.15) is 0 Å². The highest BCUT2D eigenvalue weighted by Gasteiger charge is 2.26. The van der Waals surface area contributed by atoms with Gasteiger partial charge in [-0.15, -0.1) is 0 Å². The van der Waals surface area contributed by atoms with E-state index in [9.17, 15) is 14.4 Å². The monoisotopic (exact) mass is 386 g/mol. The highest BCUT2D eigenvalue weighted by atomic mass is 16.5. The van der Waals surface area contributed by atoms with Crippen LogP contribution in [0.4, 0.5) is 0 Å². The van der Waals surface area contributed by atoms with E-state index in [1.807, 2.05) is 37.3 Å². The van der Waals surface area contributed by atoms with Crippen molar-refractivity contribution < 1.29 is 23.9 Å². The van der Waals surface area contributed by atoms with Gasteiger partial charge >= 0.3 is 11.9 Å². The van der Waals surface area contributed by atoms with Crippen LogP contribution in [0, 0.1) is 13.8 Å². The molecule has 0 saturated carbocycles. The summed E-state index contributed by atoms with van der Waals surface area (Å²) in [4.78, 5) is 39.8. The summed E-state index contributed by atoms with van der Waals surface area (Å²) in [5.74, 6) is -1.61. The van der Waals surface area contributed by atoms with Crippen molar-refractivity contribution in [2.24, 2.45) is 0 Å². The average Bonchev–Trinajstić information content (AvgIpc) is 2.96. The Morgan fingerprint density at radius 2 is 1.71 bits per heavy atom. The molecule has 7 heteroatoms. The molecule has 1 aromatic heterocycles. The van der Waals surface area contributed by atoms with Crippen molar-refractivity contribution in [3.8, 4) is 0 Å². The summed E-state index contributed by atoms with van der Waals surface area (Å²) in [5, 5.41) is 2.82. The SMILES string of the molecule is CCOC(=O)c1c(C)[nH]c(C(=O)OC(C)C(=O)NC(C)c2ccccc2)c1C. The van der Waals surface area contributed by atoms with Gasteiger partial charge < -0.3 is 19.8 Å². The smallest absolute Gasteiger partial charge is 0.355 e. The molecule has 0 aliphatic carbocycles. The molecule has 2 unspecified atom stereocenters. The molecule has 0 spiro atoms. The number of ether oxygens (including phenoxy) is 2. The van der Waals surface area contributed by atoms with Crippen LogP contribution in [0.15, 0.2) is 30.3 Å². The van der Waals surface area contributed by atoms with Crippen LogP contribution < -0.4 is 5.32 Å². The first kappa shape index (κ1) is 21.2. The highest BCUT2D eigenvalue weighted by Crippen LogP contribution is 2.20. The zero-order chi connectivity index (χ0) is 20.8. The molecule has 0 fully saturated rings. The van der Waals surface area contributed by atoms with Crippen LogP contribution in [-0.2, 0) is 14.3 Å². The standard InChI is InChI=1S/C21H26N2O5/c1-6-27-20(25)17-12(2)18(22-14(17)4)21(26)28-15(5)19(24)23-13(3)16-10-8-7-9-11-16/h7-11,13,15,22H,6H2,1-5H3,(H,23,24). The molecule has 2 N–H and O–H groups in total. The van der Waals surface area contributed by atoms with Crippen molar-refractivity contribution in [1.82, 2.24) is 10.3 Å². The van der Waals surface area contributed by atoms with E-state index in [0.717, 1.165) is 5.56 Å². The summed E-state index contributed by atoms with van der Waals surface area (Å²) in [6.07, 6.45) is -0.993. The molecule has 0 aliphatic heterocycles. The number of benzene rings is 1. The Balaban J connectivity index is 2.05. The summed E-state index contributed by atoms with van der Waals surface area (Å²) in [6, 6.07) is 9.26. The van der Waals surface area contributed by atoms with Crippen molar-refractivity contribution in [3.05, 3.63) is 58.4 Å². The van der Waals surface area contributed by atoms with Crippen LogP contribution >= 0.6 is 0 Å². The van der Waals surface area contributed by atoms with Gasteiger partial charge in [0.15, 0.2) is 6.10 Å². The van der Waals surface area contributed by atoms with Gasteiger partial charge in [0.1, 0.15) is 5.69 Å². The molecule has 2 aromatic rings. The van der Waals surface area contributed by atoms with Crippen LogP contribution in [0.3, 0.4) is 0 Å². The molecule has 0 radical (unpaired) electrons. The van der Waals surface area contributed by atoms with Crippen LogP contribution in [0.2, 0.25) is 0 Å². The van der Waals surface area contributed by atoms with Crippen molar-refractivity contribution in [3.63, 3.8) is 0 Å². The van der Waals surface area contributed by atoms with Gasteiger partial charge in [0.05, 0.1) is 18.2 Å². The number of aryl methyl sites for hydroxylation is 1. The van der Waals surface area contributed by atoms with Crippen LogP contribution in [-0.4, -0.2) is 35.5 Å². The summed E-state index contributed by atoms with van der Waals surface area (Å²) >= 11 is 0. The highest BCUT2D eigenvalue weighted by molar-refractivity contribution is 5.99. The third kappa shape index (κ3) is 4.79. The van der Waals surface area contributed by atoms with E-state index in [1.54, 1.807) is 20.8 Å². The average molecular weight is 386 g/mol. The van der Waals surface area contributed by atoms with Crippen LogP contribution in [0.25, 0.3) is 0 Å². The Kier molecular flexibility index (Phi) is 6.98. The van der Waals surface area contributed by atoms with E-state index in [0.29, 0.717) is 16.8 Å². The Bertz CT molecular complexity index is 857. The number of nitrogens with one attached hydrogen (secondary N) is 2. The number of carbonyl (C=O) groups is 3. The second-order valence-corrected chi connectivity index (χ2v) is 6.53. The van der Waals surface area contributed by atoms with Crippen LogP contribution in [0.5, 0.6) is 0 Å². The lowest BCUT2D eigenvalue weighted by atomic mass is 10.1. The Morgan fingerprint density at radius 1 is 1.07 bits per heavy atom. The van der Waals surface area contributed by atoms with Crippen LogP contribution in [0.1, 0.15) is 64.5 Å². The van der Waals surface area contributed by atoms with Crippen molar-refractivity contribution >= 4 is 17.8 Å². The maximum absolute atomic E-state index is 12.5. The Morgan fingerprint density at radius 3 is 2.32 bits per heavy atom. The summed E-state index contributed by atoms with van der Waals surface area (Å²) < 4.78 is 10.3. The van der Waals surface area contributed by atoms with Crippen molar-refractivity contribution in [2.75, 3.05) is 6.61 Å². The van der Waals surface area contributed by atoms with Crippen molar-refractivity contribution in [2.45, 2.75) is 46.8 Å². The summed E-state index contributed by atoms with van der Waals surface area (Å²) in [6.45, 7) is 8.61. The molecule has 2 rings (SSSR count). The zero-order valence-electron chi connectivity index (χ0n) is 16.8. The maximum atomic E-state index is 12.5. The summed E-state index contributed by atoms with van der Waals surface area (Å²) in [5.41, 5.74) is 2.34.